The second-order valence-corrected chi connectivity index (χ2v) is 8.81. The van der Waals surface area contributed by atoms with E-state index in [1.807, 2.05) is 68.4 Å². The van der Waals surface area contributed by atoms with Crippen molar-refractivity contribution in [3.8, 4) is 0 Å². The molecule has 1 aliphatic heterocycles. The number of nitrogens with zero attached hydrogens (tertiary/aromatic N) is 1. The highest BCUT2D eigenvalue weighted by molar-refractivity contribution is 6.09. The first-order valence-corrected chi connectivity index (χ1v) is 11.3. The van der Waals surface area contributed by atoms with E-state index in [0.29, 0.717) is 25.5 Å². The van der Waals surface area contributed by atoms with Gasteiger partial charge in [-0.3, -0.25) is 9.59 Å². The molecule has 0 saturated heterocycles. The number of amides is 1. The fraction of sp³-hybridized carbons (Fsp3) is 0.407. The van der Waals surface area contributed by atoms with Crippen LogP contribution in [0.15, 0.2) is 65.9 Å². The number of carbonyl (C=O) groups is 2. The van der Waals surface area contributed by atoms with Gasteiger partial charge in [0.25, 0.3) is 5.91 Å². The van der Waals surface area contributed by atoms with E-state index in [4.69, 9.17) is 4.74 Å². The molecule has 1 atom stereocenters. The van der Waals surface area contributed by atoms with Crippen molar-refractivity contribution in [2.75, 3.05) is 13.2 Å². The third-order valence-electron chi connectivity index (χ3n) is 5.79. The third-order valence-corrected chi connectivity index (χ3v) is 5.79. The van der Waals surface area contributed by atoms with Gasteiger partial charge in [0.1, 0.15) is 0 Å². The van der Waals surface area contributed by atoms with Gasteiger partial charge in [0, 0.05) is 13.0 Å². The molecule has 1 amide bonds. The van der Waals surface area contributed by atoms with E-state index < -0.39 is 17.7 Å². The highest BCUT2D eigenvalue weighted by Gasteiger charge is 2.43. The highest BCUT2D eigenvalue weighted by atomic mass is 16.5. The summed E-state index contributed by atoms with van der Waals surface area (Å²) in [4.78, 5) is 27.7. The zero-order valence-electron chi connectivity index (χ0n) is 19.4. The standard InChI is InChI=1S/C27H33NO4/c1-18(2)21-11-13-22(14-12-21)25-24(23(29)15-10-20-8-6-5-7-9-20)26(30)27(31)28(25)16-17-32-19(3)4/h5-9,11-14,18-19,25,30H,10,15-17H2,1-4H3. The maximum Gasteiger partial charge on any atom is 0.290 e. The molecule has 1 heterocycles. The number of Topliss-reactive ketones (excluding diaryl/α,β-unsaturated/α-hetero) is 1. The molecule has 2 aromatic rings. The first kappa shape index (κ1) is 23.7. The Balaban J connectivity index is 1.88. The van der Waals surface area contributed by atoms with E-state index in [0.717, 1.165) is 11.1 Å². The van der Waals surface area contributed by atoms with Gasteiger partial charge in [-0.15, -0.1) is 0 Å². The van der Waals surface area contributed by atoms with Crippen LogP contribution in [0.3, 0.4) is 0 Å². The zero-order chi connectivity index (χ0) is 23.3. The van der Waals surface area contributed by atoms with E-state index in [1.165, 1.54) is 5.56 Å². The quantitative estimate of drug-likeness (QED) is 0.562. The average Bonchev–Trinajstić information content (AvgIpc) is 3.03. The summed E-state index contributed by atoms with van der Waals surface area (Å²) in [5, 5.41) is 10.7. The molecule has 32 heavy (non-hydrogen) atoms. The summed E-state index contributed by atoms with van der Waals surface area (Å²) in [7, 11) is 0. The van der Waals surface area contributed by atoms with Gasteiger partial charge in [-0.05, 0) is 42.9 Å². The molecule has 0 aromatic heterocycles. The molecule has 0 spiro atoms. The zero-order valence-corrected chi connectivity index (χ0v) is 19.4. The molecule has 0 aliphatic carbocycles. The minimum atomic E-state index is -0.609. The van der Waals surface area contributed by atoms with Crippen LogP contribution in [-0.4, -0.2) is 41.0 Å². The topological polar surface area (TPSA) is 66.8 Å². The van der Waals surface area contributed by atoms with Gasteiger partial charge in [0.05, 0.1) is 24.3 Å². The monoisotopic (exact) mass is 435 g/mol. The first-order valence-electron chi connectivity index (χ1n) is 11.3. The summed E-state index contributed by atoms with van der Waals surface area (Å²) in [6.07, 6.45) is 0.818. The SMILES string of the molecule is CC(C)OCCN1C(=O)C(O)=C(C(=O)CCc2ccccc2)C1c1ccc(C(C)C)cc1. The molecule has 2 aromatic carbocycles. The summed E-state index contributed by atoms with van der Waals surface area (Å²) in [5.74, 6) is -0.783. The molecule has 0 radical (unpaired) electrons. The van der Waals surface area contributed by atoms with Gasteiger partial charge in [0.15, 0.2) is 11.5 Å². The number of hydrogen-bond acceptors (Lipinski definition) is 4. The summed E-state index contributed by atoms with van der Waals surface area (Å²) >= 11 is 0. The number of aliphatic hydroxyl groups is 1. The smallest absolute Gasteiger partial charge is 0.290 e. The Labute approximate surface area is 190 Å². The Kier molecular flexibility index (Phi) is 7.86. The van der Waals surface area contributed by atoms with Crippen molar-refractivity contribution in [2.24, 2.45) is 0 Å². The van der Waals surface area contributed by atoms with Crippen LogP contribution in [-0.2, 0) is 20.7 Å². The first-order chi connectivity index (χ1) is 15.3. The van der Waals surface area contributed by atoms with Crippen molar-refractivity contribution >= 4 is 11.7 Å². The lowest BCUT2D eigenvalue weighted by molar-refractivity contribution is -0.130. The summed E-state index contributed by atoms with van der Waals surface area (Å²) in [6, 6.07) is 17.1. The van der Waals surface area contributed by atoms with Crippen LogP contribution in [0.5, 0.6) is 0 Å². The number of aryl methyl sites for hydroxylation is 1. The molecule has 0 saturated carbocycles. The second-order valence-electron chi connectivity index (χ2n) is 8.81. The van der Waals surface area contributed by atoms with Gasteiger partial charge < -0.3 is 14.7 Å². The van der Waals surface area contributed by atoms with Gasteiger partial charge in [-0.1, -0.05) is 68.4 Å². The maximum absolute atomic E-state index is 13.2. The van der Waals surface area contributed by atoms with Crippen LogP contribution in [0, 0.1) is 0 Å². The fourth-order valence-corrected chi connectivity index (χ4v) is 4.00. The molecular weight excluding hydrogens is 402 g/mol. The number of ether oxygens (including phenoxy) is 1. The second kappa shape index (κ2) is 10.6. The molecule has 1 aliphatic rings. The minimum Gasteiger partial charge on any atom is -0.503 e. The van der Waals surface area contributed by atoms with Gasteiger partial charge in [-0.25, -0.2) is 0 Å². The number of hydrogen-bond donors (Lipinski definition) is 1. The third kappa shape index (κ3) is 5.46. The molecule has 0 bridgehead atoms. The molecule has 5 nitrogen and oxygen atoms in total. The van der Waals surface area contributed by atoms with Crippen molar-refractivity contribution < 1.29 is 19.4 Å². The van der Waals surface area contributed by atoms with Crippen molar-refractivity contribution in [3.63, 3.8) is 0 Å². The molecule has 0 fully saturated rings. The van der Waals surface area contributed by atoms with Crippen LogP contribution >= 0.6 is 0 Å². The lowest BCUT2D eigenvalue weighted by Gasteiger charge is -2.27. The van der Waals surface area contributed by atoms with E-state index in [2.05, 4.69) is 13.8 Å². The number of ketones is 1. The number of carbonyl (C=O) groups excluding carboxylic acids is 2. The Morgan fingerprint density at radius 2 is 1.69 bits per heavy atom. The van der Waals surface area contributed by atoms with E-state index in [-0.39, 0.29) is 23.9 Å². The molecule has 170 valence electrons. The van der Waals surface area contributed by atoms with Crippen molar-refractivity contribution in [3.05, 3.63) is 82.6 Å². The van der Waals surface area contributed by atoms with Crippen LogP contribution in [0.25, 0.3) is 0 Å². The van der Waals surface area contributed by atoms with Crippen LogP contribution < -0.4 is 0 Å². The minimum absolute atomic E-state index is 0.0324. The van der Waals surface area contributed by atoms with Gasteiger partial charge in [0.2, 0.25) is 0 Å². The molecule has 1 N–H and O–H groups in total. The van der Waals surface area contributed by atoms with E-state index in [1.54, 1.807) is 4.90 Å². The maximum atomic E-state index is 13.2. The Bertz CT molecular complexity index is 961. The Hall–Kier alpha value is -2.92. The predicted octanol–water partition coefficient (Wildman–Crippen LogP) is 5.13. The van der Waals surface area contributed by atoms with Gasteiger partial charge >= 0.3 is 0 Å². The molecule has 5 heteroatoms. The summed E-state index contributed by atoms with van der Waals surface area (Å²) in [5.41, 5.74) is 3.23. The largest absolute Gasteiger partial charge is 0.503 e. The average molecular weight is 436 g/mol. The molecule has 3 rings (SSSR count). The lowest BCUT2D eigenvalue weighted by Crippen LogP contribution is -2.34. The van der Waals surface area contributed by atoms with Crippen molar-refractivity contribution in [1.29, 1.82) is 0 Å². The number of benzene rings is 2. The van der Waals surface area contributed by atoms with E-state index in [9.17, 15) is 14.7 Å². The summed E-state index contributed by atoms with van der Waals surface area (Å²) in [6.45, 7) is 8.74. The van der Waals surface area contributed by atoms with Crippen molar-refractivity contribution in [2.45, 2.75) is 58.6 Å². The number of rotatable bonds is 10. The van der Waals surface area contributed by atoms with Gasteiger partial charge in [-0.2, -0.15) is 0 Å². The number of aliphatic hydroxyl groups excluding tert-OH is 1. The normalized spacial score (nSPS) is 16.5. The Morgan fingerprint density at radius 3 is 2.28 bits per heavy atom. The van der Waals surface area contributed by atoms with Crippen LogP contribution in [0.2, 0.25) is 0 Å². The molecular formula is C27H33NO4. The highest BCUT2D eigenvalue weighted by Crippen LogP contribution is 2.38. The Morgan fingerprint density at radius 1 is 1.03 bits per heavy atom. The molecule has 1 unspecified atom stereocenters. The predicted molar refractivity (Wildman–Crippen MR) is 125 cm³/mol. The van der Waals surface area contributed by atoms with Crippen LogP contribution in [0.4, 0.5) is 0 Å². The summed E-state index contributed by atoms with van der Waals surface area (Å²) < 4.78 is 5.64. The lowest BCUT2D eigenvalue weighted by atomic mass is 9.91. The van der Waals surface area contributed by atoms with Crippen LogP contribution in [0.1, 0.15) is 62.8 Å². The van der Waals surface area contributed by atoms with Crippen molar-refractivity contribution in [1.82, 2.24) is 4.90 Å². The fourth-order valence-electron chi connectivity index (χ4n) is 4.00. The van der Waals surface area contributed by atoms with E-state index >= 15 is 0 Å².